The van der Waals surface area contributed by atoms with Crippen molar-refractivity contribution in [1.82, 2.24) is 10.2 Å². The Labute approximate surface area is 234 Å². The molecule has 1 atom stereocenters. The maximum absolute atomic E-state index is 13.9. The van der Waals surface area contributed by atoms with Gasteiger partial charge in [0.05, 0.1) is 10.6 Å². The highest BCUT2D eigenvalue weighted by Gasteiger charge is 2.33. The Hall–Kier alpha value is -3.07. The summed E-state index contributed by atoms with van der Waals surface area (Å²) in [6, 6.07) is 18.7. The summed E-state index contributed by atoms with van der Waals surface area (Å²) < 4.78 is 28.7. The Balaban J connectivity index is 2.07. The van der Waals surface area contributed by atoms with Crippen LogP contribution in [0.3, 0.4) is 0 Å². The molecule has 3 rings (SSSR count). The molecule has 0 aromatic heterocycles. The number of hydrogen-bond donors (Lipinski definition) is 1. The molecule has 3 aromatic carbocycles. The van der Waals surface area contributed by atoms with Crippen LogP contribution < -0.4 is 9.62 Å². The largest absolute Gasteiger partial charge is 0.352 e. The Morgan fingerprint density at radius 3 is 2.03 bits per heavy atom. The lowest BCUT2D eigenvalue weighted by Crippen LogP contribution is -2.52. The smallest absolute Gasteiger partial charge is 0.264 e. The lowest BCUT2D eigenvalue weighted by atomic mass is 10.1. The highest BCUT2D eigenvalue weighted by Crippen LogP contribution is 2.29. The van der Waals surface area contributed by atoms with Gasteiger partial charge in [0.15, 0.2) is 0 Å². The van der Waals surface area contributed by atoms with E-state index in [1.165, 1.54) is 17.0 Å². The molecule has 10 heteroatoms. The number of halogens is 2. The van der Waals surface area contributed by atoms with Gasteiger partial charge in [0.25, 0.3) is 10.0 Å². The third-order valence-corrected chi connectivity index (χ3v) is 8.46. The fourth-order valence-electron chi connectivity index (χ4n) is 3.92. The van der Waals surface area contributed by atoms with Crippen molar-refractivity contribution in [1.29, 1.82) is 0 Å². The molecule has 0 saturated heterocycles. The van der Waals surface area contributed by atoms with Crippen LogP contribution in [0.5, 0.6) is 0 Å². The molecule has 0 saturated carbocycles. The summed E-state index contributed by atoms with van der Waals surface area (Å²) in [5.41, 5.74) is 1.49. The van der Waals surface area contributed by atoms with E-state index in [0.29, 0.717) is 26.9 Å². The van der Waals surface area contributed by atoms with Crippen LogP contribution in [0.15, 0.2) is 77.7 Å². The van der Waals surface area contributed by atoms with Crippen molar-refractivity contribution in [3.05, 3.63) is 94.0 Å². The standard InChI is InChI=1S/C28H31Cl2N3O4S/c1-19(2)31-28(35)21(4)32(17-23-24(29)14-10-15-25(23)30)27(34)18-33(26-16-9-8-11-20(26)3)38(36,37)22-12-6-5-7-13-22/h5-16,19,21H,17-18H2,1-4H3,(H,31,35)/t21-/m1/s1. The predicted molar refractivity (Wildman–Crippen MR) is 152 cm³/mol. The van der Waals surface area contributed by atoms with E-state index in [0.717, 1.165) is 4.31 Å². The summed E-state index contributed by atoms with van der Waals surface area (Å²) in [6.07, 6.45) is 0. The Morgan fingerprint density at radius 2 is 1.45 bits per heavy atom. The average molecular weight is 577 g/mol. The minimum absolute atomic E-state index is 0.0438. The van der Waals surface area contributed by atoms with Crippen molar-refractivity contribution < 1.29 is 18.0 Å². The number of rotatable bonds is 10. The number of aryl methyl sites for hydroxylation is 1. The summed E-state index contributed by atoms with van der Waals surface area (Å²) in [5, 5.41) is 3.48. The van der Waals surface area contributed by atoms with Crippen molar-refractivity contribution in [2.24, 2.45) is 0 Å². The third-order valence-electron chi connectivity index (χ3n) is 5.98. The van der Waals surface area contributed by atoms with E-state index < -0.39 is 28.5 Å². The molecule has 3 aromatic rings. The maximum atomic E-state index is 13.9. The molecule has 0 radical (unpaired) electrons. The van der Waals surface area contributed by atoms with Crippen LogP contribution in [0.2, 0.25) is 10.0 Å². The molecule has 0 aliphatic rings. The van der Waals surface area contributed by atoms with Crippen molar-refractivity contribution in [2.75, 3.05) is 10.8 Å². The molecule has 0 unspecified atom stereocenters. The maximum Gasteiger partial charge on any atom is 0.264 e. The summed E-state index contributed by atoms with van der Waals surface area (Å²) in [4.78, 5) is 28.3. The SMILES string of the molecule is Cc1ccccc1N(CC(=O)N(Cc1c(Cl)cccc1Cl)[C@H](C)C(=O)NC(C)C)S(=O)(=O)c1ccccc1. The van der Waals surface area contributed by atoms with Gasteiger partial charge in [0.2, 0.25) is 11.8 Å². The minimum Gasteiger partial charge on any atom is -0.352 e. The predicted octanol–water partition coefficient (Wildman–Crippen LogP) is 5.44. The monoisotopic (exact) mass is 575 g/mol. The van der Waals surface area contributed by atoms with Gasteiger partial charge in [-0.25, -0.2) is 8.42 Å². The zero-order valence-electron chi connectivity index (χ0n) is 21.7. The number of carbonyl (C=O) groups is 2. The molecule has 0 heterocycles. The number of sulfonamides is 1. The molecule has 0 fully saturated rings. The Morgan fingerprint density at radius 1 is 0.868 bits per heavy atom. The number of nitrogens with one attached hydrogen (secondary N) is 1. The molecule has 202 valence electrons. The van der Waals surface area contributed by atoms with Crippen molar-refractivity contribution in [3.63, 3.8) is 0 Å². The van der Waals surface area contributed by atoms with E-state index in [-0.39, 0.29) is 23.4 Å². The fourth-order valence-corrected chi connectivity index (χ4v) is 5.93. The van der Waals surface area contributed by atoms with Gasteiger partial charge in [-0.3, -0.25) is 13.9 Å². The van der Waals surface area contributed by atoms with E-state index in [4.69, 9.17) is 23.2 Å². The number of nitrogens with zero attached hydrogens (tertiary/aromatic N) is 2. The molecule has 0 aliphatic heterocycles. The third kappa shape index (κ3) is 6.87. The van der Waals surface area contributed by atoms with E-state index in [1.54, 1.807) is 74.5 Å². The van der Waals surface area contributed by atoms with Crippen LogP contribution >= 0.6 is 23.2 Å². The second-order valence-electron chi connectivity index (χ2n) is 9.17. The zero-order chi connectivity index (χ0) is 28.0. The second-order valence-corrected chi connectivity index (χ2v) is 11.8. The summed E-state index contributed by atoms with van der Waals surface area (Å²) in [5.74, 6) is -0.972. The summed E-state index contributed by atoms with van der Waals surface area (Å²) in [7, 11) is -4.13. The first-order chi connectivity index (χ1) is 17.9. The first-order valence-electron chi connectivity index (χ1n) is 12.1. The molecule has 0 aliphatic carbocycles. The van der Waals surface area contributed by atoms with Gasteiger partial charge in [-0.2, -0.15) is 0 Å². The Bertz CT molecular complexity index is 1380. The van der Waals surface area contributed by atoms with Gasteiger partial charge in [0, 0.05) is 28.2 Å². The van der Waals surface area contributed by atoms with Gasteiger partial charge >= 0.3 is 0 Å². The molecule has 7 nitrogen and oxygen atoms in total. The number of anilines is 1. The van der Waals surface area contributed by atoms with Gasteiger partial charge in [-0.05, 0) is 63.6 Å². The van der Waals surface area contributed by atoms with Crippen LogP contribution in [0.1, 0.15) is 31.9 Å². The Kier molecular flexibility index (Phi) is 9.82. The van der Waals surface area contributed by atoms with Crippen LogP contribution in [0, 0.1) is 6.92 Å². The summed E-state index contributed by atoms with van der Waals surface area (Å²) in [6.45, 7) is 6.36. The first-order valence-corrected chi connectivity index (χ1v) is 14.3. The van der Waals surface area contributed by atoms with E-state index in [2.05, 4.69) is 5.32 Å². The van der Waals surface area contributed by atoms with Crippen molar-refractivity contribution >= 4 is 50.7 Å². The van der Waals surface area contributed by atoms with Gasteiger partial charge in [0.1, 0.15) is 12.6 Å². The highest BCUT2D eigenvalue weighted by molar-refractivity contribution is 7.92. The molecule has 0 spiro atoms. The van der Waals surface area contributed by atoms with E-state index in [9.17, 15) is 18.0 Å². The molecular formula is C28H31Cl2N3O4S. The minimum atomic E-state index is -4.13. The lowest BCUT2D eigenvalue weighted by molar-refractivity contribution is -0.139. The van der Waals surface area contributed by atoms with Crippen LogP contribution in [-0.4, -0.2) is 43.8 Å². The van der Waals surface area contributed by atoms with Gasteiger partial charge in [-0.1, -0.05) is 65.7 Å². The number of carbonyl (C=O) groups excluding carboxylic acids is 2. The van der Waals surface area contributed by atoms with Crippen molar-refractivity contribution in [2.45, 2.75) is 51.2 Å². The second kappa shape index (κ2) is 12.7. The summed E-state index contributed by atoms with van der Waals surface area (Å²) >= 11 is 12.8. The fraction of sp³-hybridized carbons (Fsp3) is 0.286. The van der Waals surface area contributed by atoms with E-state index in [1.807, 2.05) is 13.8 Å². The molecule has 1 N–H and O–H groups in total. The number of para-hydroxylation sites is 1. The van der Waals surface area contributed by atoms with Crippen LogP contribution in [0.25, 0.3) is 0 Å². The van der Waals surface area contributed by atoms with Crippen molar-refractivity contribution in [3.8, 4) is 0 Å². The highest BCUT2D eigenvalue weighted by atomic mass is 35.5. The number of benzene rings is 3. The first kappa shape index (κ1) is 29.5. The van der Waals surface area contributed by atoms with E-state index >= 15 is 0 Å². The van der Waals surface area contributed by atoms with Gasteiger partial charge in [-0.15, -0.1) is 0 Å². The molecule has 2 amide bonds. The molecular weight excluding hydrogens is 545 g/mol. The quantitative estimate of drug-likeness (QED) is 0.348. The normalized spacial score (nSPS) is 12.2. The average Bonchev–Trinajstić information content (AvgIpc) is 2.87. The van der Waals surface area contributed by atoms with Gasteiger partial charge < -0.3 is 10.2 Å². The zero-order valence-corrected chi connectivity index (χ0v) is 24.0. The van der Waals surface area contributed by atoms with Crippen LogP contribution in [-0.2, 0) is 26.2 Å². The van der Waals surface area contributed by atoms with Crippen LogP contribution in [0.4, 0.5) is 5.69 Å². The number of hydrogen-bond acceptors (Lipinski definition) is 4. The lowest BCUT2D eigenvalue weighted by Gasteiger charge is -2.33. The topological polar surface area (TPSA) is 86.8 Å². The molecule has 0 bridgehead atoms. The molecule has 38 heavy (non-hydrogen) atoms. The number of amides is 2.